The van der Waals surface area contributed by atoms with E-state index < -0.39 is 38.0 Å². The minimum absolute atomic E-state index is 0.242. The van der Waals surface area contributed by atoms with Gasteiger partial charge in [-0.2, -0.15) is 0 Å². The van der Waals surface area contributed by atoms with Crippen molar-refractivity contribution in [3.8, 4) is 0 Å². The van der Waals surface area contributed by atoms with Crippen molar-refractivity contribution < 1.29 is 22.9 Å². The fourth-order valence-corrected chi connectivity index (χ4v) is 3.90. The molecular formula is C16H16N2O6S. The molecule has 0 atom stereocenters. The highest BCUT2D eigenvalue weighted by Crippen LogP contribution is 2.31. The second kappa shape index (κ2) is 7.31. The van der Waals surface area contributed by atoms with Gasteiger partial charge in [-0.25, -0.2) is 8.42 Å². The largest absolute Gasteiger partial charge is 0.468 e. The number of hydrogen-bond acceptors (Lipinski definition) is 6. The SMILES string of the molecule is COC(=O)CN(c1ccccc1C)S(=O)(=O)c1ccccc1[N+](=O)[O-]. The van der Waals surface area contributed by atoms with Gasteiger partial charge in [0.1, 0.15) is 6.54 Å². The Balaban J connectivity index is 2.67. The molecule has 0 heterocycles. The van der Waals surface area contributed by atoms with Gasteiger partial charge in [-0.15, -0.1) is 0 Å². The highest BCUT2D eigenvalue weighted by molar-refractivity contribution is 7.93. The van der Waals surface area contributed by atoms with Crippen LogP contribution in [-0.4, -0.2) is 33.0 Å². The number of anilines is 1. The van der Waals surface area contributed by atoms with Gasteiger partial charge in [-0.3, -0.25) is 19.2 Å². The Morgan fingerprint density at radius 2 is 1.76 bits per heavy atom. The van der Waals surface area contributed by atoms with Gasteiger partial charge in [0.15, 0.2) is 4.90 Å². The maximum absolute atomic E-state index is 13.1. The number of methoxy groups -OCH3 is 1. The molecule has 0 aliphatic rings. The summed E-state index contributed by atoms with van der Waals surface area (Å²) in [5, 5.41) is 11.2. The van der Waals surface area contributed by atoms with Gasteiger partial charge in [0.25, 0.3) is 15.7 Å². The molecule has 0 bridgehead atoms. The first-order valence-corrected chi connectivity index (χ1v) is 8.61. The summed E-state index contributed by atoms with van der Waals surface area (Å²) in [7, 11) is -3.23. The summed E-state index contributed by atoms with van der Waals surface area (Å²) in [4.78, 5) is 21.7. The van der Waals surface area contributed by atoms with Crippen LogP contribution in [0.1, 0.15) is 5.56 Å². The van der Waals surface area contributed by atoms with Crippen LogP contribution >= 0.6 is 0 Å². The Labute approximate surface area is 144 Å². The van der Waals surface area contributed by atoms with Crippen molar-refractivity contribution in [2.45, 2.75) is 11.8 Å². The molecule has 0 fully saturated rings. The molecule has 0 aliphatic heterocycles. The molecule has 0 aromatic heterocycles. The maximum atomic E-state index is 13.1. The number of carbonyl (C=O) groups is 1. The Hall–Kier alpha value is -2.94. The fraction of sp³-hybridized carbons (Fsp3) is 0.188. The molecule has 0 unspecified atom stereocenters. The molecule has 9 heteroatoms. The van der Waals surface area contributed by atoms with Crippen LogP contribution in [-0.2, 0) is 19.6 Å². The number of nitro benzene ring substituents is 1. The first-order valence-electron chi connectivity index (χ1n) is 7.17. The van der Waals surface area contributed by atoms with E-state index in [4.69, 9.17) is 0 Å². The number of aryl methyl sites for hydroxylation is 1. The lowest BCUT2D eigenvalue weighted by Crippen LogP contribution is -2.37. The van der Waals surface area contributed by atoms with Crippen molar-refractivity contribution in [3.05, 3.63) is 64.2 Å². The molecular weight excluding hydrogens is 348 g/mol. The molecule has 0 N–H and O–H groups in total. The minimum atomic E-state index is -4.37. The van der Waals surface area contributed by atoms with Gasteiger partial charge < -0.3 is 4.74 Å². The highest BCUT2D eigenvalue weighted by atomic mass is 32.2. The molecule has 0 saturated heterocycles. The van der Waals surface area contributed by atoms with E-state index in [0.717, 1.165) is 23.5 Å². The third-order valence-electron chi connectivity index (χ3n) is 3.51. The van der Waals surface area contributed by atoms with Crippen LogP contribution in [0, 0.1) is 17.0 Å². The van der Waals surface area contributed by atoms with Crippen LogP contribution in [0.2, 0.25) is 0 Å². The molecule has 2 rings (SSSR count). The molecule has 0 saturated carbocycles. The number of para-hydroxylation sites is 2. The number of hydrogen-bond donors (Lipinski definition) is 0. The van der Waals surface area contributed by atoms with E-state index >= 15 is 0 Å². The second-order valence-corrected chi connectivity index (χ2v) is 6.93. The van der Waals surface area contributed by atoms with E-state index in [1.165, 1.54) is 18.2 Å². The normalized spacial score (nSPS) is 11.0. The first-order chi connectivity index (χ1) is 11.8. The minimum Gasteiger partial charge on any atom is -0.468 e. The average molecular weight is 364 g/mol. The zero-order valence-electron chi connectivity index (χ0n) is 13.6. The summed E-state index contributed by atoms with van der Waals surface area (Å²) < 4.78 is 31.5. The Kier molecular flexibility index (Phi) is 5.38. The number of nitro groups is 1. The van der Waals surface area contributed by atoms with E-state index in [1.807, 2.05) is 0 Å². The van der Waals surface area contributed by atoms with E-state index in [1.54, 1.807) is 25.1 Å². The van der Waals surface area contributed by atoms with E-state index in [0.29, 0.717) is 5.56 Å². The summed E-state index contributed by atoms with van der Waals surface area (Å²) in [5.74, 6) is -0.787. The van der Waals surface area contributed by atoms with Crippen LogP contribution in [0.25, 0.3) is 0 Å². The topological polar surface area (TPSA) is 107 Å². The number of benzene rings is 2. The van der Waals surface area contributed by atoms with Gasteiger partial charge in [0.05, 0.1) is 17.7 Å². The quantitative estimate of drug-likeness (QED) is 0.442. The zero-order valence-corrected chi connectivity index (χ0v) is 14.4. The number of nitrogens with zero attached hydrogens (tertiary/aromatic N) is 2. The number of rotatable bonds is 6. The lowest BCUT2D eigenvalue weighted by molar-refractivity contribution is -0.387. The number of esters is 1. The third-order valence-corrected chi connectivity index (χ3v) is 5.32. The van der Waals surface area contributed by atoms with Crippen molar-refractivity contribution in [2.75, 3.05) is 18.0 Å². The lowest BCUT2D eigenvalue weighted by atomic mass is 10.2. The molecule has 2 aromatic carbocycles. The molecule has 2 aromatic rings. The molecule has 132 valence electrons. The highest BCUT2D eigenvalue weighted by Gasteiger charge is 2.33. The van der Waals surface area contributed by atoms with Crippen LogP contribution < -0.4 is 4.31 Å². The fourth-order valence-electron chi connectivity index (χ4n) is 2.27. The average Bonchev–Trinajstić information content (AvgIpc) is 2.60. The van der Waals surface area contributed by atoms with Gasteiger partial charge in [-0.1, -0.05) is 30.3 Å². The molecule has 0 aliphatic carbocycles. The zero-order chi connectivity index (χ0) is 18.6. The van der Waals surface area contributed by atoms with Crippen molar-refractivity contribution in [1.82, 2.24) is 0 Å². The Morgan fingerprint density at radius 1 is 1.16 bits per heavy atom. The van der Waals surface area contributed by atoms with E-state index in [2.05, 4.69) is 4.74 Å². The van der Waals surface area contributed by atoms with Crippen LogP contribution in [0.4, 0.5) is 11.4 Å². The summed E-state index contributed by atoms with van der Waals surface area (Å²) in [6, 6.07) is 11.5. The Morgan fingerprint density at radius 3 is 2.36 bits per heavy atom. The summed E-state index contributed by atoms with van der Waals surface area (Å²) in [6.45, 7) is 1.07. The predicted molar refractivity (Wildman–Crippen MR) is 90.8 cm³/mol. The molecule has 8 nitrogen and oxygen atoms in total. The number of sulfonamides is 1. The summed E-state index contributed by atoms with van der Waals surface area (Å²) in [5.41, 5.74) is 0.269. The van der Waals surface area contributed by atoms with Gasteiger partial charge in [0, 0.05) is 6.07 Å². The monoisotopic (exact) mass is 364 g/mol. The standard InChI is InChI=1S/C16H16N2O6S/c1-12-7-3-4-8-13(12)17(11-16(19)24-2)25(22,23)15-10-6-5-9-14(15)18(20)21/h3-10H,11H2,1-2H3. The van der Waals surface area contributed by atoms with E-state index in [9.17, 15) is 23.3 Å². The predicted octanol–water partition coefficient (Wildman–Crippen LogP) is 2.27. The smallest absolute Gasteiger partial charge is 0.326 e. The van der Waals surface area contributed by atoms with Crippen molar-refractivity contribution >= 4 is 27.4 Å². The maximum Gasteiger partial charge on any atom is 0.326 e. The molecule has 0 amide bonds. The molecule has 0 radical (unpaired) electrons. The molecule has 0 spiro atoms. The summed E-state index contributed by atoms with van der Waals surface area (Å²) >= 11 is 0. The number of carbonyl (C=O) groups excluding carboxylic acids is 1. The van der Waals surface area contributed by atoms with Crippen LogP contribution in [0.3, 0.4) is 0 Å². The molecule has 25 heavy (non-hydrogen) atoms. The summed E-state index contributed by atoms with van der Waals surface area (Å²) in [6.07, 6.45) is 0. The lowest BCUT2D eigenvalue weighted by Gasteiger charge is -2.24. The Bertz CT molecular complexity index is 910. The van der Waals surface area contributed by atoms with Gasteiger partial charge in [-0.05, 0) is 24.6 Å². The van der Waals surface area contributed by atoms with Crippen molar-refractivity contribution in [1.29, 1.82) is 0 Å². The first kappa shape index (κ1) is 18.4. The second-order valence-electron chi connectivity index (χ2n) is 5.10. The third kappa shape index (κ3) is 3.77. The van der Waals surface area contributed by atoms with Crippen molar-refractivity contribution in [3.63, 3.8) is 0 Å². The van der Waals surface area contributed by atoms with Crippen LogP contribution in [0.15, 0.2) is 53.4 Å². The van der Waals surface area contributed by atoms with Gasteiger partial charge >= 0.3 is 5.97 Å². The van der Waals surface area contributed by atoms with Crippen molar-refractivity contribution in [2.24, 2.45) is 0 Å². The van der Waals surface area contributed by atoms with Gasteiger partial charge in [0.2, 0.25) is 0 Å². The number of ether oxygens (including phenoxy) is 1. The van der Waals surface area contributed by atoms with E-state index in [-0.39, 0.29) is 5.69 Å². The van der Waals surface area contributed by atoms with Crippen LogP contribution in [0.5, 0.6) is 0 Å².